The molecular formula is C17H12F3N3O. The molecule has 0 aromatic heterocycles. The molecule has 0 atom stereocenters. The first-order valence-corrected chi connectivity index (χ1v) is 6.81. The minimum absolute atomic E-state index is 0.351. The molecule has 4 nitrogen and oxygen atoms in total. The summed E-state index contributed by atoms with van der Waals surface area (Å²) >= 11 is 0. The molecule has 0 fully saturated rings. The molecule has 2 N–H and O–H groups in total. The van der Waals surface area contributed by atoms with Crippen LogP contribution in [0.3, 0.4) is 0 Å². The Kier molecular flexibility index (Phi) is 5.22. The fraction of sp³-hybridized carbons (Fsp3) is 0.0588. The van der Waals surface area contributed by atoms with Gasteiger partial charge in [0.2, 0.25) is 0 Å². The number of halogens is 3. The minimum atomic E-state index is -4.61. The number of nitriles is 1. The number of rotatable bonds is 4. The fourth-order valence-corrected chi connectivity index (χ4v) is 1.87. The number of amides is 1. The summed E-state index contributed by atoms with van der Waals surface area (Å²) in [6.07, 6.45) is -3.47. The summed E-state index contributed by atoms with van der Waals surface area (Å²) in [5.74, 6) is -0.933. The van der Waals surface area contributed by atoms with Crippen molar-refractivity contribution < 1.29 is 18.0 Å². The normalized spacial score (nSPS) is 11.5. The maximum absolute atomic E-state index is 12.9. The zero-order valence-electron chi connectivity index (χ0n) is 12.3. The fourth-order valence-electron chi connectivity index (χ4n) is 1.87. The predicted molar refractivity (Wildman–Crippen MR) is 83.8 cm³/mol. The molecule has 0 radical (unpaired) electrons. The molecule has 0 unspecified atom stereocenters. The van der Waals surface area contributed by atoms with E-state index in [-0.39, 0.29) is 5.57 Å². The molecule has 0 aliphatic rings. The van der Waals surface area contributed by atoms with Gasteiger partial charge in [0, 0.05) is 11.9 Å². The molecule has 24 heavy (non-hydrogen) atoms. The van der Waals surface area contributed by atoms with Crippen molar-refractivity contribution in [2.45, 2.75) is 6.18 Å². The van der Waals surface area contributed by atoms with Crippen molar-refractivity contribution >= 4 is 17.3 Å². The van der Waals surface area contributed by atoms with Gasteiger partial charge in [-0.25, -0.2) is 0 Å². The average Bonchev–Trinajstić information content (AvgIpc) is 2.56. The highest BCUT2D eigenvalue weighted by atomic mass is 19.4. The van der Waals surface area contributed by atoms with Crippen LogP contribution in [0.5, 0.6) is 0 Å². The molecule has 0 bridgehead atoms. The highest BCUT2D eigenvalue weighted by Gasteiger charge is 2.33. The van der Waals surface area contributed by atoms with E-state index in [2.05, 4.69) is 10.6 Å². The van der Waals surface area contributed by atoms with E-state index in [4.69, 9.17) is 5.26 Å². The largest absolute Gasteiger partial charge is 0.418 e. The van der Waals surface area contributed by atoms with E-state index in [0.29, 0.717) is 5.69 Å². The van der Waals surface area contributed by atoms with Crippen LogP contribution in [-0.4, -0.2) is 5.91 Å². The Balaban J connectivity index is 2.18. The average molecular weight is 331 g/mol. The number of nitrogens with one attached hydrogen (secondary N) is 2. The van der Waals surface area contributed by atoms with Gasteiger partial charge in [-0.3, -0.25) is 4.79 Å². The standard InChI is InChI=1S/C17H12F3N3O/c18-17(19,20)14-8-4-5-9-15(14)23-16(24)12(10-21)11-22-13-6-2-1-3-7-13/h1-9,11,22H,(H,23,24)/b12-11-. The lowest BCUT2D eigenvalue weighted by Gasteiger charge is -2.13. The number of anilines is 2. The van der Waals surface area contributed by atoms with Gasteiger partial charge in [0.1, 0.15) is 11.6 Å². The SMILES string of the molecule is N#C/C(=C/Nc1ccccc1)C(=O)Nc1ccccc1C(F)(F)F. The molecule has 0 spiro atoms. The van der Waals surface area contributed by atoms with Crippen LogP contribution in [0.15, 0.2) is 66.4 Å². The van der Waals surface area contributed by atoms with E-state index in [9.17, 15) is 18.0 Å². The number of carbonyl (C=O) groups excluding carboxylic acids is 1. The van der Waals surface area contributed by atoms with Crippen LogP contribution >= 0.6 is 0 Å². The maximum atomic E-state index is 12.9. The zero-order valence-corrected chi connectivity index (χ0v) is 12.3. The molecule has 7 heteroatoms. The van der Waals surface area contributed by atoms with Crippen LogP contribution in [0.1, 0.15) is 5.56 Å². The third kappa shape index (κ3) is 4.36. The number of para-hydroxylation sites is 2. The Morgan fingerprint density at radius 2 is 1.67 bits per heavy atom. The van der Waals surface area contributed by atoms with Gasteiger partial charge >= 0.3 is 6.18 Å². The summed E-state index contributed by atoms with van der Waals surface area (Å²) in [6, 6.07) is 14.9. The lowest BCUT2D eigenvalue weighted by molar-refractivity contribution is -0.137. The van der Waals surface area contributed by atoms with E-state index in [1.807, 2.05) is 0 Å². The Hall–Kier alpha value is -3.27. The summed E-state index contributed by atoms with van der Waals surface area (Å²) in [5.41, 5.74) is -1.10. The van der Waals surface area contributed by atoms with Gasteiger partial charge in [-0.2, -0.15) is 18.4 Å². The Labute approximate surface area is 136 Å². The van der Waals surface area contributed by atoms with Crippen LogP contribution in [0, 0.1) is 11.3 Å². The van der Waals surface area contributed by atoms with E-state index < -0.39 is 23.3 Å². The van der Waals surface area contributed by atoms with Crippen molar-refractivity contribution in [2.24, 2.45) is 0 Å². The van der Waals surface area contributed by atoms with E-state index >= 15 is 0 Å². The molecular weight excluding hydrogens is 319 g/mol. The number of hydrogen-bond donors (Lipinski definition) is 2. The number of benzene rings is 2. The second-order valence-electron chi connectivity index (χ2n) is 4.68. The lowest BCUT2D eigenvalue weighted by atomic mass is 10.1. The number of hydrogen-bond acceptors (Lipinski definition) is 3. The van der Waals surface area contributed by atoms with Crippen molar-refractivity contribution in [1.82, 2.24) is 0 Å². The number of nitrogens with zero attached hydrogens (tertiary/aromatic N) is 1. The number of carbonyl (C=O) groups is 1. The van der Waals surface area contributed by atoms with Crippen molar-refractivity contribution in [3.63, 3.8) is 0 Å². The van der Waals surface area contributed by atoms with Gasteiger partial charge in [0.25, 0.3) is 5.91 Å². The maximum Gasteiger partial charge on any atom is 0.418 e. The Morgan fingerprint density at radius 1 is 1.04 bits per heavy atom. The summed E-state index contributed by atoms with van der Waals surface area (Å²) < 4.78 is 38.7. The Bertz CT molecular complexity index is 793. The number of alkyl halides is 3. The van der Waals surface area contributed by atoms with E-state index in [0.717, 1.165) is 18.3 Å². The van der Waals surface area contributed by atoms with Gasteiger partial charge in [-0.15, -0.1) is 0 Å². The second kappa shape index (κ2) is 7.33. The smallest absolute Gasteiger partial charge is 0.360 e. The summed E-state index contributed by atoms with van der Waals surface area (Å²) in [5, 5.41) is 13.9. The first-order chi connectivity index (χ1) is 11.4. The summed E-state index contributed by atoms with van der Waals surface area (Å²) in [6.45, 7) is 0. The van der Waals surface area contributed by atoms with Gasteiger partial charge < -0.3 is 10.6 Å². The molecule has 1 amide bonds. The molecule has 2 rings (SSSR count). The van der Waals surface area contributed by atoms with Gasteiger partial charge in [-0.1, -0.05) is 30.3 Å². The van der Waals surface area contributed by atoms with E-state index in [1.165, 1.54) is 12.1 Å². The molecule has 0 aliphatic carbocycles. The molecule has 0 heterocycles. The first kappa shape index (κ1) is 17.1. The third-order valence-corrected chi connectivity index (χ3v) is 3.00. The molecule has 0 saturated carbocycles. The lowest BCUT2D eigenvalue weighted by Crippen LogP contribution is -2.18. The van der Waals surface area contributed by atoms with E-state index in [1.54, 1.807) is 36.4 Å². The first-order valence-electron chi connectivity index (χ1n) is 6.81. The van der Waals surface area contributed by atoms with Gasteiger partial charge in [0.05, 0.1) is 11.3 Å². The third-order valence-electron chi connectivity index (χ3n) is 3.00. The molecule has 2 aromatic rings. The summed E-state index contributed by atoms with van der Waals surface area (Å²) in [4.78, 5) is 12.0. The molecule has 122 valence electrons. The predicted octanol–water partition coefficient (Wildman–Crippen LogP) is 4.16. The molecule has 0 saturated heterocycles. The van der Waals surface area contributed by atoms with Crippen LogP contribution in [0.2, 0.25) is 0 Å². The topological polar surface area (TPSA) is 64.9 Å². The van der Waals surface area contributed by atoms with Crippen LogP contribution in [0.4, 0.5) is 24.5 Å². The highest BCUT2D eigenvalue weighted by molar-refractivity contribution is 6.07. The molecule has 0 aliphatic heterocycles. The van der Waals surface area contributed by atoms with Gasteiger partial charge in [-0.05, 0) is 24.3 Å². The second-order valence-corrected chi connectivity index (χ2v) is 4.68. The zero-order chi connectivity index (χ0) is 17.6. The Morgan fingerprint density at radius 3 is 2.29 bits per heavy atom. The van der Waals surface area contributed by atoms with Crippen molar-refractivity contribution in [3.05, 3.63) is 71.9 Å². The highest BCUT2D eigenvalue weighted by Crippen LogP contribution is 2.34. The van der Waals surface area contributed by atoms with Gasteiger partial charge in [0.15, 0.2) is 0 Å². The van der Waals surface area contributed by atoms with Crippen molar-refractivity contribution in [3.8, 4) is 6.07 Å². The van der Waals surface area contributed by atoms with Crippen LogP contribution < -0.4 is 10.6 Å². The minimum Gasteiger partial charge on any atom is -0.360 e. The van der Waals surface area contributed by atoms with Crippen LogP contribution in [0.25, 0.3) is 0 Å². The van der Waals surface area contributed by atoms with Crippen molar-refractivity contribution in [2.75, 3.05) is 10.6 Å². The van der Waals surface area contributed by atoms with Crippen LogP contribution in [-0.2, 0) is 11.0 Å². The quantitative estimate of drug-likeness (QED) is 0.653. The van der Waals surface area contributed by atoms with Crippen molar-refractivity contribution in [1.29, 1.82) is 5.26 Å². The monoisotopic (exact) mass is 331 g/mol. The summed E-state index contributed by atoms with van der Waals surface area (Å²) in [7, 11) is 0. The molecule has 2 aromatic carbocycles.